The molecule has 0 spiro atoms. The highest BCUT2D eigenvalue weighted by Crippen LogP contribution is 2.25. The van der Waals surface area contributed by atoms with Gasteiger partial charge in [-0.3, -0.25) is 0 Å². The van der Waals surface area contributed by atoms with Crippen molar-refractivity contribution in [2.24, 2.45) is 5.73 Å². The molecule has 0 saturated heterocycles. The van der Waals surface area contributed by atoms with E-state index in [0.717, 1.165) is 22.6 Å². The summed E-state index contributed by atoms with van der Waals surface area (Å²) >= 11 is 1.46. The molecule has 2 aromatic rings. The monoisotopic (exact) mass is 265 g/mol. The third kappa shape index (κ3) is 3.31. The lowest BCUT2D eigenvalue weighted by atomic mass is 10.2. The molecule has 0 atom stereocenters. The zero-order valence-electron chi connectivity index (χ0n) is 9.70. The van der Waals surface area contributed by atoms with E-state index < -0.39 is 5.82 Å². The first-order chi connectivity index (χ1) is 8.69. The molecule has 1 nitrogen and oxygen atoms in total. The summed E-state index contributed by atoms with van der Waals surface area (Å²) in [6, 6.07) is 11.2. The molecule has 2 N–H and O–H groups in total. The first kappa shape index (κ1) is 13.1. The Morgan fingerprint density at radius 3 is 2.67 bits per heavy atom. The molecule has 2 rings (SSSR count). The Labute approximate surface area is 109 Å². The fourth-order valence-corrected chi connectivity index (χ4v) is 2.53. The number of thioether (sulfide) groups is 1. The number of hydrogen-bond acceptors (Lipinski definition) is 2. The molecule has 2 aromatic carbocycles. The molecule has 0 unspecified atom stereocenters. The molecule has 0 saturated carbocycles. The molecule has 0 amide bonds. The van der Waals surface area contributed by atoms with Crippen molar-refractivity contribution < 1.29 is 8.78 Å². The molecule has 0 aliphatic carbocycles. The molecule has 0 heterocycles. The third-order valence-electron chi connectivity index (χ3n) is 2.54. The van der Waals surface area contributed by atoms with Gasteiger partial charge in [0.2, 0.25) is 0 Å². The predicted octanol–water partition coefficient (Wildman–Crippen LogP) is 3.72. The highest BCUT2D eigenvalue weighted by atomic mass is 32.2. The van der Waals surface area contributed by atoms with Crippen LogP contribution in [0.15, 0.2) is 47.4 Å². The number of benzene rings is 2. The standard InChI is InChI=1S/C14H13F2NS/c15-12-4-5-14(16)11(7-12)9-18-13-3-1-2-10(6-13)8-17/h1-7H,8-9,17H2. The Kier molecular flexibility index (Phi) is 4.33. The van der Waals surface area contributed by atoms with Crippen LogP contribution in [0.2, 0.25) is 0 Å². The van der Waals surface area contributed by atoms with Crippen molar-refractivity contribution in [3.05, 3.63) is 65.2 Å². The van der Waals surface area contributed by atoms with Gasteiger partial charge in [-0.1, -0.05) is 12.1 Å². The molecule has 0 aromatic heterocycles. The third-order valence-corrected chi connectivity index (χ3v) is 3.58. The number of rotatable bonds is 4. The van der Waals surface area contributed by atoms with Crippen LogP contribution in [0, 0.1) is 11.6 Å². The van der Waals surface area contributed by atoms with Crippen LogP contribution in [-0.4, -0.2) is 0 Å². The summed E-state index contributed by atoms with van der Waals surface area (Å²) in [5.74, 6) is -0.390. The van der Waals surface area contributed by atoms with Gasteiger partial charge in [-0.05, 0) is 35.9 Å². The van der Waals surface area contributed by atoms with Crippen molar-refractivity contribution in [1.29, 1.82) is 0 Å². The molecular weight excluding hydrogens is 252 g/mol. The number of hydrogen-bond donors (Lipinski definition) is 1. The zero-order chi connectivity index (χ0) is 13.0. The first-order valence-corrected chi connectivity index (χ1v) is 6.53. The number of halogens is 2. The maximum atomic E-state index is 13.4. The van der Waals surface area contributed by atoms with Crippen LogP contribution in [0.25, 0.3) is 0 Å². The second kappa shape index (κ2) is 5.98. The van der Waals surface area contributed by atoms with E-state index in [4.69, 9.17) is 5.73 Å². The second-order valence-corrected chi connectivity index (χ2v) is 4.92. The van der Waals surface area contributed by atoms with Crippen LogP contribution in [0.1, 0.15) is 11.1 Å². The molecule has 18 heavy (non-hydrogen) atoms. The second-order valence-electron chi connectivity index (χ2n) is 3.88. The lowest BCUT2D eigenvalue weighted by Gasteiger charge is -2.05. The predicted molar refractivity (Wildman–Crippen MR) is 70.3 cm³/mol. The molecule has 0 aliphatic rings. The number of nitrogens with two attached hydrogens (primary N) is 1. The van der Waals surface area contributed by atoms with Crippen molar-refractivity contribution >= 4 is 11.8 Å². The van der Waals surface area contributed by atoms with E-state index in [1.54, 1.807) is 0 Å². The molecule has 0 fully saturated rings. The van der Waals surface area contributed by atoms with Crippen LogP contribution in [0.3, 0.4) is 0 Å². The van der Waals surface area contributed by atoms with Crippen LogP contribution in [0.4, 0.5) is 8.78 Å². The quantitative estimate of drug-likeness (QED) is 0.853. The van der Waals surface area contributed by atoms with E-state index >= 15 is 0 Å². The molecule has 94 valence electrons. The van der Waals surface area contributed by atoms with Crippen LogP contribution in [0.5, 0.6) is 0 Å². The van der Waals surface area contributed by atoms with Crippen LogP contribution in [-0.2, 0) is 12.3 Å². The SMILES string of the molecule is NCc1cccc(SCc2cc(F)ccc2F)c1. The summed E-state index contributed by atoms with van der Waals surface area (Å²) in [5.41, 5.74) is 6.95. The minimum atomic E-state index is -0.414. The van der Waals surface area contributed by atoms with Crippen LogP contribution < -0.4 is 5.73 Å². The molecule has 4 heteroatoms. The molecular formula is C14H13F2NS. The van der Waals surface area contributed by atoms with Crippen molar-refractivity contribution in [2.45, 2.75) is 17.2 Å². The molecule has 0 bridgehead atoms. The summed E-state index contributed by atoms with van der Waals surface area (Å²) in [6.45, 7) is 0.475. The summed E-state index contributed by atoms with van der Waals surface area (Å²) in [5, 5.41) is 0. The Balaban J connectivity index is 2.08. The van der Waals surface area contributed by atoms with Crippen molar-refractivity contribution in [2.75, 3.05) is 0 Å². The minimum Gasteiger partial charge on any atom is -0.326 e. The average molecular weight is 265 g/mol. The minimum absolute atomic E-state index is 0.373. The normalized spacial score (nSPS) is 10.6. The van der Waals surface area contributed by atoms with Gasteiger partial charge in [0.1, 0.15) is 11.6 Å². The Bertz CT molecular complexity index is 543. The van der Waals surface area contributed by atoms with Gasteiger partial charge in [-0.25, -0.2) is 8.78 Å². The van der Waals surface area contributed by atoms with Gasteiger partial charge >= 0.3 is 0 Å². The van der Waals surface area contributed by atoms with Gasteiger partial charge < -0.3 is 5.73 Å². The summed E-state index contributed by atoms with van der Waals surface area (Å²) in [7, 11) is 0. The molecule has 0 aliphatic heterocycles. The van der Waals surface area contributed by atoms with Gasteiger partial charge in [0.25, 0.3) is 0 Å². The van der Waals surface area contributed by atoms with Gasteiger partial charge in [-0.15, -0.1) is 11.8 Å². The summed E-state index contributed by atoms with van der Waals surface area (Å²) < 4.78 is 26.4. The topological polar surface area (TPSA) is 26.0 Å². The Hall–Kier alpha value is -1.39. The molecule has 0 radical (unpaired) electrons. The van der Waals surface area contributed by atoms with E-state index in [0.29, 0.717) is 17.9 Å². The van der Waals surface area contributed by atoms with Gasteiger partial charge in [0.05, 0.1) is 0 Å². The zero-order valence-corrected chi connectivity index (χ0v) is 10.5. The van der Waals surface area contributed by atoms with Crippen molar-refractivity contribution in [3.63, 3.8) is 0 Å². The maximum absolute atomic E-state index is 13.4. The highest BCUT2D eigenvalue weighted by Gasteiger charge is 2.05. The lowest BCUT2D eigenvalue weighted by molar-refractivity contribution is 0.591. The van der Waals surface area contributed by atoms with Crippen molar-refractivity contribution in [1.82, 2.24) is 0 Å². The average Bonchev–Trinajstić information content (AvgIpc) is 2.40. The van der Waals surface area contributed by atoms with E-state index in [2.05, 4.69) is 0 Å². The lowest BCUT2D eigenvalue weighted by Crippen LogP contribution is -1.95. The Morgan fingerprint density at radius 2 is 1.89 bits per heavy atom. The fourth-order valence-electron chi connectivity index (χ4n) is 1.58. The highest BCUT2D eigenvalue weighted by molar-refractivity contribution is 7.98. The Morgan fingerprint density at radius 1 is 1.06 bits per heavy atom. The smallest absolute Gasteiger partial charge is 0.127 e. The largest absolute Gasteiger partial charge is 0.326 e. The van der Waals surface area contributed by atoms with Gasteiger partial charge in [0, 0.05) is 22.8 Å². The maximum Gasteiger partial charge on any atom is 0.127 e. The van der Waals surface area contributed by atoms with E-state index in [-0.39, 0.29) is 5.82 Å². The van der Waals surface area contributed by atoms with E-state index in [1.165, 1.54) is 17.8 Å². The van der Waals surface area contributed by atoms with E-state index in [9.17, 15) is 8.78 Å². The van der Waals surface area contributed by atoms with Gasteiger partial charge in [0.15, 0.2) is 0 Å². The van der Waals surface area contributed by atoms with Crippen molar-refractivity contribution in [3.8, 4) is 0 Å². The first-order valence-electron chi connectivity index (χ1n) is 5.55. The summed E-state index contributed by atoms with van der Waals surface area (Å²) in [4.78, 5) is 1.00. The van der Waals surface area contributed by atoms with E-state index in [1.807, 2.05) is 24.3 Å². The van der Waals surface area contributed by atoms with Crippen LogP contribution >= 0.6 is 11.8 Å². The van der Waals surface area contributed by atoms with Gasteiger partial charge in [-0.2, -0.15) is 0 Å². The summed E-state index contributed by atoms with van der Waals surface area (Å²) in [6.07, 6.45) is 0. The fraction of sp³-hybridized carbons (Fsp3) is 0.143.